The second-order valence-electron chi connectivity index (χ2n) is 5.36. The minimum atomic E-state index is 0.182. The van der Waals surface area contributed by atoms with Crippen molar-refractivity contribution in [1.82, 2.24) is 0 Å². The molecule has 0 spiro atoms. The van der Waals surface area contributed by atoms with Crippen LogP contribution >= 0.6 is 0 Å². The average Bonchev–Trinajstić information content (AvgIpc) is 2.80. The van der Waals surface area contributed by atoms with Crippen LogP contribution < -0.4 is 0 Å². The van der Waals surface area contributed by atoms with E-state index in [4.69, 9.17) is 4.99 Å². The molecule has 1 heterocycles. The third-order valence-electron chi connectivity index (χ3n) is 3.75. The maximum atomic E-state index is 4.73. The van der Waals surface area contributed by atoms with Gasteiger partial charge in [0.05, 0.1) is 5.54 Å². The van der Waals surface area contributed by atoms with Crippen LogP contribution in [0.15, 0.2) is 17.1 Å². The Kier molecular flexibility index (Phi) is 7.23. The predicted octanol–water partition coefficient (Wildman–Crippen LogP) is 5.31. The molecule has 0 radical (unpaired) electrons. The lowest BCUT2D eigenvalue weighted by Crippen LogP contribution is -2.21. The molecule has 0 amide bonds. The van der Waals surface area contributed by atoms with Crippen LogP contribution in [0.5, 0.6) is 0 Å². The van der Waals surface area contributed by atoms with Gasteiger partial charge in [0.15, 0.2) is 0 Å². The zero-order valence-electron chi connectivity index (χ0n) is 11.8. The van der Waals surface area contributed by atoms with Crippen LogP contribution in [-0.4, -0.2) is 11.8 Å². The Labute approximate surface area is 107 Å². The minimum Gasteiger partial charge on any atom is -0.282 e. The standard InChI is InChI=1S/C16H29N/c1-3-5-7-9-12-16(14-11-15-17-16)13-10-8-6-4-2/h11,14-15H,3-10,12-13H2,1-2H3. The smallest absolute Gasteiger partial charge is 0.0791 e. The maximum absolute atomic E-state index is 4.73. The van der Waals surface area contributed by atoms with E-state index in [1.54, 1.807) is 0 Å². The molecule has 1 aliphatic rings. The Morgan fingerprint density at radius 2 is 1.41 bits per heavy atom. The van der Waals surface area contributed by atoms with Crippen molar-refractivity contribution >= 4 is 6.21 Å². The highest BCUT2D eigenvalue weighted by Crippen LogP contribution is 2.30. The van der Waals surface area contributed by atoms with Gasteiger partial charge in [-0.1, -0.05) is 71.3 Å². The van der Waals surface area contributed by atoms with Crippen molar-refractivity contribution in [2.45, 2.75) is 83.6 Å². The van der Waals surface area contributed by atoms with Crippen LogP contribution in [-0.2, 0) is 0 Å². The van der Waals surface area contributed by atoms with Gasteiger partial charge in [0.2, 0.25) is 0 Å². The van der Waals surface area contributed by atoms with Gasteiger partial charge in [-0.15, -0.1) is 0 Å². The van der Waals surface area contributed by atoms with Gasteiger partial charge < -0.3 is 0 Å². The third-order valence-corrected chi connectivity index (χ3v) is 3.75. The molecule has 1 heteroatoms. The summed E-state index contributed by atoms with van der Waals surface area (Å²) in [6.07, 6.45) is 19.8. The van der Waals surface area contributed by atoms with Crippen LogP contribution in [0.4, 0.5) is 0 Å². The van der Waals surface area contributed by atoms with Gasteiger partial charge in [-0.25, -0.2) is 0 Å². The summed E-state index contributed by atoms with van der Waals surface area (Å²) in [6, 6.07) is 0. The number of hydrogen-bond acceptors (Lipinski definition) is 1. The molecule has 1 rings (SSSR count). The predicted molar refractivity (Wildman–Crippen MR) is 77.9 cm³/mol. The molecule has 0 saturated heterocycles. The first-order valence-electron chi connectivity index (χ1n) is 7.56. The van der Waals surface area contributed by atoms with E-state index in [9.17, 15) is 0 Å². The highest BCUT2D eigenvalue weighted by molar-refractivity contribution is 5.75. The van der Waals surface area contributed by atoms with E-state index in [-0.39, 0.29) is 5.54 Å². The lowest BCUT2D eigenvalue weighted by Gasteiger charge is -2.24. The number of allylic oxidation sites excluding steroid dienone is 1. The zero-order chi connectivity index (χ0) is 12.4. The molecule has 98 valence electrons. The largest absolute Gasteiger partial charge is 0.282 e. The Balaban J connectivity index is 2.25. The molecular weight excluding hydrogens is 206 g/mol. The SMILES string of the molecule is CCCCCCC1(CCCCCC)C=CC=N1. The number of hydrogen-bond donors (Lipinski definition) is 0. The van der Waals surface area contributed by atoms with Crippen molar-refractivity contribution in [3.63, 3.8) is 0 Å². The van der Waals surface area contributed by atoms with Gasteiger partial charge >= 0.3 is 0 Å². The van der Waals surface area contributed by atoms with E-state index in [2.05, 4.69) is 26.0 Å². The highest BCUT2D eigenvalue weighted by Gasteiger charge is 2.26. The third kappa shape index (κ3) is 5.52. The molecule has 17 heavy (non-hydrogen) atoms. The molecule has 1 nitrogen and oxygen atoms in total. The second-order valence-corrected chi connectivity index (χ2v) is 5.36. The first kappa shape index (κ1) is 14.5. The number of unbranched alkanes of at least 4 members (excludes halogenated alkanes) is 6. The molecule has 0 saturated carbocycles. The second kappa shape index (κ2) is 8.49. The average molecular weight is 235 g/mol. The summed E-state index contributed by atoms with van der Waals surface area (Å²) in [5.41, 5.74) is 0.182. The molecule has 0 aliphatic carbocycles. The highest BCUT2D eigenvalue weighted by atomic mass is 14.9. The van der Waals surface area contributed by atoms with E-state index < -0.39 is 0 Å². The van der Waals surface area contributed by atoms with Crippen molar-refractivity contribution < 1.29 is 0 Å². The van der Waals surface area contributed by atoms with Gasteiger partial charge in [-0.05, 0) is 18.9 Å². The number of rotatable bonds is 10. The maximum Gasteiger partial charge on any atom is 0.0791 e. The topological polar surface area (TPSA) is 12.4 Å². The fourth-order valence-electron chi connectivity index (χ4n) is 2.59. The zero-order valence-corrected chi connectivity index (χ0v) is 11.8. The Morgan fingerprint density at radius 1 is 0.824 bits per heavy atom. The summed E-state index contributed by atoms with van der Waals surface area (Å²) >= 11 is 0. The summed E-state index contributed by atoms with van der Waals surface area (Å²) in [6.45, 7) is 4.54. The number of nitrogens with zero attached hydrogens (tertiary/aromatic N) is 1. The monoisotopic (exact) mass is 235 g/mol. The van der Waals surface area contributed by atoms with Crippen molar-refractivity contribution in [2.24, 2.45) is 4.99 Å². The molecule has 0 fully saturated rings. The van der Waals surface area contributed by atoms with Gasteiger partial charge in [0.1, 0.15) is 0 Å². The summed E-state index contributed by atoms with van der Waals surface area (Å²) < 4.78 is 0. The minimum absolute atomic E-state index is 0.182. The van der Waals surface area contributed by atoms with Gasteiger partial charge in [0, 0.05) is 6.21 Å². The van der Waals surface area contributed by atoms with E-state index in [0.717, 1.165) is 0 Å². The fraction of sp³-hybridized carbons (Fsp3) is 0.812. The van der Waals surface area contributed by atoms with Crippen LogP contribution in [0, 0.1) is 0 Å². The summed E-state index contributed by atoms with van der Waals surface area (Å²) in [5.74, 6) is 0. The fourth-order valence-corrected chi connectivity index (χ4v) is 2.59. The van der Waals surface area contributed by atoms with Crippen LogP contribution in [0.2, 0.25) is 0 Å². The van der Waals surface area contributed by atoms with Gasteiger partial charge in [-0.2, -0.15) is 0 Å². The molecule has 1 aliphatic heterocycles. The molecule has 0 aromatic heterocycles. The Bertz CT molecular complexity index is 214. The van der Waals surface area contributed by atoms with Gasteiger partial charge in [0.25, 0.3) is 0 Å². The molecule has 0 N–H and O–H groups in total. The summed E-state index contributed by atoms with van der Waals surface area (Å²) in [7, 11) is 0. The lowest BCUT2D eigenvalue weighted by atomic mass is 9.87. The molecule has 0 atom stereocenters. The first-order chi connectivity index (χ1) is 8.33. The molecule has 0 aromatic rings. The van der Waals surface area contributed by atoms with E-state index in [0.29, 0.717) is 0 Å². The van der Waals surface area contributed by atoms with Crippen molar-refractivity contribution in [1.29, 1.82) is 0 Å². The van der Waals surface area contributed by atoms with Crippen LogP contribution in [0.25, 0.3) is 0 Å². The van der Waals surface area contributed by atoms with E-state index in [1.807, 2.05) is 6.21 Å². The first-order valence-corrected chi connectivity index (χ1v) is 7.56. The lowest BCUT2D eigenvalue weighted by molar-refractivity contribution is 0.414. The molecule has 0 unspecified atom stereocenters. The quantitative estimate of drug-likeness (QED) is 0.455. The van der Waals surface area contributed by atoms with E-state index in [1.165, 1.54) is 64.2 Å². The van der Waals surface area contributed by atoms with Crippen LogP contribution in [0.3, 0.4) is 0 Å². The summed E-state index contributed by atoms with van der Waals surface area (Å²) in [4.78, 5) is 4.73. The summed E-state index contributed by atoms with van der Waals surface area (Å²) in [5, 5.41) is 0. The van der Waals surface area contributed by atoms with Crippen molar-refractivity contribution in [3.05, 3.63) is 12.2 Å². The Morgan fingerprint density at radius 3 is 1.82 bits per heavy atom. The van der Waals surface area contributed by atoms with E-state index >= 15 is 0 Å². The molecule has 0 bridgehead atoms. The number of aliphatic imine (C=N–C) groups is 1. The normalized spacial score (nSPS) is 16.8. The van der Waals surface area contributed by atoms with Crippen molar-refractivity contribution in [3.8, 4) is 0 Å². The van der Waals surface area contributed by atoms with Crippen LogP contribution in [0.1, 0.15) is 78.1 Å². The molecule has 0 aromatic carbocycles. The van der Waals surface area contributed by atoms with Crippen molar-refractivity contribution in [2.75, 3.05) is 0 Å². The Hall–Kier alpha value is -0.590. The van der Waals surface area contributed by atoms with Gasteiger partial charge in [-0.3, -0.25) is 4.99 Å². The molecular formula is C16H29N.